The molecule has 0 aromatic heterocycles. The van der Waals surface area contributed by atoms with E-state index in [0.29, 0.717) is 37.1 Å². The number of likely N-dealkylation sites (tertiary alicyclic amines) is 1. The summed E-state index contributed by atoms with van der Waals surface area (Å²) in [6, 6.07) is 13.0. The second-order valence-corrected chi connectivity index (χ2v) is 8.66. The van der Waals surface area contributed by atoms with Crippen molar-refractivity contribution in [1.29, 1.82) is 0 Å². The van der Waals surface area contributed by atoms with Crippen LogP contribution in [0.15, 0.2) is 42.5 Å². The third kappa shape index (κ3) is 5.52. The Morgan fingerprint density at radius 1 is 1.06 bits per heavy atom. The summed E-state index contributed by atoms with van der Waals surface area (Å²) in [6.07, 6.45) is 0. The van der Waals surface area contributed by atoms with Gasteiger partial charge in [-0.25, -0.2) is 4.79 Å². The highest BCUT2D eigenvalue weighted by atomic mass is 16.5. The number of rotatable bonds is 7. The van der Waals surface area contributed by atoms with Crippen molar-refractivity contribution in [1.82, 2.24) is 10.2 Å². The van der Waals surface area contributed by atoms with E-state index in [0.717, 1.165) is 16.8 Å². The molecule has 3 amide bonds. The van der Waals surface area contributed by atoms with Crippen LogP contribution in [0.5, 0.6) is 11.5 Å². The molecule has 7 nitrogen and oxygen atoms in total. The number of ether oxygens (including phenoxy) is 2. The Balaban J connectivity index is 1.84. The number of aryl methyl sites for hydroxylation is 1. The van der Waals surface area contributed by atoms with Gasteiger partial charge in [0.05, 0.1) is 20.1 Å². The van der Waals surface area contributed by atoms with Crippen molar-refractivity contribution in [3.8, 4) is 11.5 Å². The van der Waals surface area contributed by atoms with Gasteiger partial charge in [-0.15, -0.1) is 0 Å². The van der Waals surface area contributed by atoms with Gasteiger partial charge in [0, 0.05) is 42.9 Å². The van der Waals surface area contributed by atoms with E-state index in [1.165, 1.54) is 0 Å². The maximum absolute atomic E-state index is 13.1. The Kier molecular flexibility index (Phi) is 7.62. The predicted octanol–water partition coefficient (Wildman–Crippen LogP) is 4.03. The summed E-state index contributed by atoms with van der Waals surface area (Å²) in [4.78, 5) is 27.8. The molecule has 7 heteroatoms. The predicted molar refractivity (Wildman–Crippen MR) is 125 cm³/mol. The number of anilines is 1. The smallest absolute Gasteiger partial charge is 0.321 e. The number of methoxy groups -OCH3 is 2. The number of hydrogen-bond donors (Lipinski definition) is 2. The Morgan fingerprint density at radius 3 is 2.41 bits per heavy atom. The average Bonchev–Trinajstić information content (AvgIpc) is 3.24. The Bertz CT molecular complexity index is 943. The van der Waals surface area contributed by atoms with Crippen LogP contribution in [0.3, 0.4) is 0 Å². The van der Waals surface area contributed by atoms with Crippen LogP contribution in [0.2, 0.25) is 0 Å². The second-order valence-electron chi connectivity index (χ2n) is 8.66. The van der Waals surface area contributed by atoms with E-state index in [-0.39, 0.29) is 23.8 Å². The minimum Gasteiger partial charge on any atom is -0.497 e. The molecular weight excluding hydrogens is 406 g/mol. The Morgan fingerprint density at radius 2 is 1.78 bits per heavy atom. The minimum absolute atomic E-state index is 0.0489. The SMILES string of the molecule is COc1ccc(C2CN(C(=O)Nc3ccc(C)cc3)CC2C(=O)NCC(C)C)c(OC)c1. The van der Waals surface area contributed by atoms with Crippen LogP contribution in [-0.2, 0) is 4.79 Å². The van der Waals surface area contributed by atoms with Gasteiger partial charge < -0.3 is 25.0 Å². The van der Waals surface area contributed by atoms with E-state index in [2.05, 4.69) is 24.5 Å². The molecule has 1 aliphatic rings. The normalized spacial score (nSPS) is 17.9. The Hall–Kier alpha value is -3.22. The van der Waals surface area contributed by atoms with Crippen molar-refractivity contribution < 1.29 is 19.1 Å². The van der Waals surface area contributed by atoms with Crippen molar-refractivity contribution in [3.05, 3.63) is 53.6 Å². The van der Waals surface area contributed by atoms with Crippen LogP contribution in [0.25, 0.3) is 0 Å². The lowest BCUT2D eigenvalue weighted by molar-refractivity contribution is -0.125. The maximum Gasteiger partial charge on any atom is 0.321 e. The van der Waals surface area contributed by atoms with Crippen LogP contribution < -0.4 is 20.1 Å². The molecule has 2 atom stereocenters. The molecule has 3 rings (SSSR count). The number of benzene rings is 2. The lowest BCUT2D eigenvalue weighted by Crippen LogP contribution is -2.38. The minimum atomic E-state index is -0.375. The number of urea groups is 1. The quantitative estimate of drug-likeness (QED) is 0.683. The van der Waals surface area contributed by atoms with Gasteiger partial charge in [-0.05, 0) is 31.0 Å². The molecule has 0 saturated carbocycles. The van der Waals surface area contributed by atoms with Crippen LogP contribution >= 0.6 is 0 Å². The number of nitrogens with one attached hydrogen (secondary N) is 2. The second kappa shape index (κ2) is 10.4. The summed E-state index contributed by atoms with van der Waals surface area (Å²) in [7, 11) is 3.20. The fourth-order valence-corrected chi connectivity index (χ4v) is 3.95. The highest BCUT2D eigenvalue weighted by Gasteiger charge is 2.41. The third-order valence-corrected chi connectivity index (χ3v) is 5.77. The first kappa shape index (κ1) is 23.4. The van der Waals surface area contributed by atoms with Crippen LogP contribution in [0.1, 0.15) is 30.9 Å². The van der Waals surface area contributed by atoms with E-state index in [4.69, 9.17) is 9.47 Å². The fraction of sp³-hybridized carbons (Fsp3) is 0.440. The maximum atomic E-state index is 13.1. The zero-order chi connectivity index (χ0) is 23.3. The summed E-state index contributed by atoms with van der Waals surface area (Å²) in [5.74, 6) is 1.06. The van der Waals surface area contributed by atoms with E-state index >= 15 is 0 Å². The number of carbonyl (C=O) groups is 2. The Labute approximate surface area is 190 Å². The standard InChI is InChI=1S/C25H33N3O4/c1-16(2)13-26-24(29)22-15-28(25(30)27-18-8-6-17(3)7-9-18)14-21(22)20-11-10-19(31-4)12-23(20)32-5/h6-12,16,21-22H,13-15H2,1-5H3,(H,26,29)(H,27,30). The molecule has 32 heavy (non-hydrogen) atoms. The topological polar surface area (TPSA) is 79.9 Å². The molecule has 0 aliphatic carbocycles. The highest BCUT2D eigenvalue weighted by Crippen LogP contribution is 2.39. The molecule has 172 valence electrons. The number of carbonyl (C=O) groups excluding carboxylic acids is 2. The summed E-state index contributed by atoms with van der Waals surface area (Å²) in [6.45, 7) is 7.46. The largest absolute Gasteiger partial charge is 0.497 e. The molecule has 0 radical (unpaired) electrons. The average molecular weight is 440 g/mol. The van der Waals surface area contributed by atoms with Gasteiger partial charge in [0.15, 0.2) is 0 Å². The molecule has 2 unspecified atom stereocenters. The van der Waals surface area contributed by atoms with E-state index in [1.54, 1.807) is 19.1 Å². The summed E-state index contributed by atoms with van der Waals surface area (Å²) >= 11 is 0. The van der Waals surface area contributed by atoms with Gasteiger partial charge in [0.25, 0.3) is 0 Å². The fourth-order valence-electron chi connectivity index (χ4n) is 3.95. The first-order valence-corrected chi connectivity index (χ1v) is 10.9. The van der Waals surface area contributed by atoms with Crippen molar-refractivity contribution in [2.75, 3.05) is 39.2 Å². The van der Waals surface area contributed by atoms with Crippen LogP contribution in [0, 0.1) is 18.8 Å². The van der Waals surface area contributed by atoms with E-state index in [9.17, 15) is 9.59 Å². The van der Waals surface area contributed by atoms with Gasteiger partial charge >= 0.3 is 6.03 Å². The molecule has 2 aromatic carbocycles. The van der Waals surface area contributed by atoms with Crippen molar-refractivity contribution in [2.24, 2.45) is 11.8 Å². The summed E-state index contributed by atoms with van der Waals surface area (Å²) in [5, 5.41) is 5.98. The molecule has 1 heterocycles. The molecule has 1 saturated heterocycles. The first-order chi connectivity index (χ1) is 15.3. The lowest BCUT2D eigenvalue weighted by atomic mass is 9.87. The zero-order valence-corrected chi connectivity index (χ0v) is 19.5. The van der Waals surface area contributed by atoms with Gasteiger partial charge in [-0.3, -0.25) is 4.79 Å². The summed E-state index contributed by atoms with van der Waals surface area (Å²) < 4.78 is 10.9. The van der Waals surface area contributed by atoms with E-state index < -0.39 is 0 Å². The van der Waals surface area contributed by atoms with Gasteiger partial charge in [-0.1, -0.05) is 37.6 Å². The van der Waals surface area contributed by atoms with Gasteiger partial charge in [0.1, 0.15) is 11.5 Å². The molecule has 1 aliphatic heterocycles. The van der Waals surface area contributed by atoms with Crippen molar-refractivity contribution in [2.45, 2.75) is 26.7 Å². The number of nitrogens with zero attached hydrogens (tertiary/aromatic N) is 1. The molecule has 0 bridgehead atoms. The molecular formula is C25H33N3O4. The number of amides is 3. The third-order valence-electron chi connectivity index (χ3n) is 5.77. The van der Waals surface area contributed by atoms with Gasteiger partial charge in [0.2, 0.25) is 5.91 Å². The van der Waals surface area contributed by atoms with E-state index in [1.807, 2.05) is 49.4 Å². The first-order valence-electron chi connectivity index (χ1n) is 10.9. The molecule has 2 aromatic rings. The van der Waals surface area contributed by atoms with Crippen LogP contribution in [0.4, 0.5) is 10.5 Å². The van der Waals surface area contributed by atoms with Crippen LogP contribution in [-0.4, -0.2) is 50.7 Å². The molecule has 0 spiro atoms. The monoisotopic (exact) mass is 439 g/mol. The number of hydrogen-bond acceptors (Lipinski definition) is 4. The summed E-state index contributed by atoms with van der Waals surface area (Å²) in [5.41, 5.74) is 2.74. The van der Waals surface area contributed by atoms with Crippen molar-refractivity contribution in [3.63, 3.8) is 0 Å². The molecule has 2 N–H and O–H groups in total. The zero-order valence-electron chi connectivity index (χ0n) is 19.5. The van der Waals surface area contributed by atoms with Crippen molar-refractivity contribution >= 4 is 17.6 Å². The lowest BCUT2D eigenvalue weighted by Gasteiger charge is -2.21. The van der Waals surface area contributed by atoms with Gasteiger partial charge in [-0.2, -0.15) is 0 Å². The molecule has 1 fully saturated rings. The highest BCUT2D eigenvalue weighted by molar-refractivity contribution is 5.91.